The minimum absolute atomic E-state index is 0.636. The van der Waals surface area contributed by atoms with Gasteiger partial charge in [-0.05, 0) is 53.0 Å². The van der Waals surface area contributed by atoms with Gasteiger partial charge in [-0.2, -0.15) is 11.8 Å². The predicted octanol–water partition coefficient (Wildman–Crippen LogP) is 2.79. The molecule has 1 aromatic rings. The Bertz CT molecular complexity index is 324. The van der Waals surface area contributed by atoms with Gasteiger partial charge in [-0.15, -0.1) is 0 Å². The second-order valence-electron chi connectivity index (χ2n) is 3.44. The maximum atomic E-state index is 5.70. The normalized spacial score (nSPS) is 21.1. The fraction of sp³-hybridized carbons (Fsp3) is 0.400. The highest BCUT2D eigenvalue weighted by Crippen LogP contribution is 2.25. The van der Waals surface area contributed by atoms with Crippen LogP contribution in [0.3, 0.4) is 0 Å². The third-order valence-electron chi connectivity index (χ3n) is 2.28. The van der Waals surface area contributed by atoms with Crippen molar-refractivity contribution in [3.63, 3.8) is 0 Å². The molecule has 1 saturated heterocycles. The van der Waals surface area contributed by atoms with E-state index in [-0.39, 0.29) is 0 Å². The number of nitrogens with two attached hydrogens (primary N) is 1. The molecule has 1 fully saturated rings. The lowest BCUT2D eigenvalue weighted by molar-refractivity contribution is 0.812. The van der Waals surface area contributed by atoms with Gasteiger partial charge in [-0.1, -0.05) is 0 Å². The minimum atomic E-state index is 0.636. The Morgan fingerprint density at radius 1 is 1.50 bits per heavy atom. The molecule has 0 aromatic heterocycles. The summed E-state index contributed by atoms with van der Waals surface area (Å²) in [5, 5.41) is 3.55. The van der Waals surface area contributed by atoms with Crippen LogP contribution in [0.15, 0.2) is 18.2 Å². The highest BCUT2D eigenvalue weighted by molar-refractivity contribution is 14.1. The summed E-state index contributed by atoms with van der Waals surface area (Å²) < 4.78 is 1.21. The number of halogens is 1. The van der Waals surface area contributed by atoms with Crippen molar-refractivity contribution in [2.24, 2.45) is 0 Å². The number of benzene rings is 1. The highest BCUT2D eigenvalue weighted by Gasteiger charge is 2.15. The molecule has 1 heterocycles. The van der Waals surface area contributed by atoms with Crippen molar-refractivity contribution in [2.45, 2.75) is 12.5 Å². The molecule has 1 unspecified atom stereocenters. The van der Waals surface area contributed by atoms with E-state index >= 15 is 0 Å². The van der Waals surface area contributed by atoms with Crippen LogP contribution in [0, 0.1) is 3.57 Å². The lowest BCUT2D eigenvalue weighted by Gasteiger charge is -2.14. The first-order valence-corrected chi connectivity index (χ1v) is 6.88. The number of nitrogens with one attached hydrogen (secondary N) is 1. The van der Waals surface area contributed by atoms with Crippen LogP contribution in [-0.2, 0) is 0 Å². The van der Waals surface area contributed by atoms with Gasteiger partial charge in [0.25, 0.3) is 0 Å². The van der Waals surface area contributed by atoms with Crippen molar-refractivity contribution in [2.75, 3.05) is 22.6 Å². The van der Waals surface area contributed by atoms with Gasteiger partial charge in [-0.3, -0.25) is 0 Å². The van der Waals surface area contributed by atoms with Crippen LogP contribution < -0.4 is 11.1 Å². The zero-order chi connectivity index (χ0) is 9.97. The molecule has 76 valence electrons. The molecule has 1 aromatic carbocycles. The van der Waals surface area contributed by atoms with Crippen molar-refractivity contribution >= 4 is 45.7 Å². The minimum Gasteiger partial charge on any atom is -0.399 e. The van der Waals surface area contributed by atoms with E-state index in [9.17, 15) is 0 Å². The first kappa shape index (κ1) is 10.4. The number of rotatable bonds is 2. The highest BCUT2D eigenvalue weighted by atomic mass is 127. The number of anilines is 2. The predicted molar refractivity (Wildman–Crippen MR) is 72.9 cm³/mol. The van der Waals surface area contributed by atoms with E-state index in [4.69, 9.17) is 5.73 Å². The molecule has 0 spiro atoms. The summed E-state index contributed by atoms with van der Waals surface area (Å²) in [6.07, 6.45) is 1.27. The first-order chi connectivity index (χ1) is 6.75. The van der Waals surface area contributed by atoms with Crippen molar-refractivity contribution in [1.29, 1.82) is 0 Å². The quantitative estimate of drug-likeness (QED) is 0.650. The lowest BCUT2D eigenvalue weighted by atomic mass is 10.2. The van der Waals surface area contributed by atoms with Crippen molar-refractivity contribution < 1.29 is 0 Å². The van der Waals surface area contributed by atoms with Crippen LogP contribution >= 0.6 is 34.4 Å². The van der Waals surface area contributed by atoms with E-state index in [2.05, 4.69) is 34.0 Å². The average Bonchev–Trinajstić information content (AvgIpc) is 2.62. The molecule has 0 bridgehead atoms. The van der Waals surface area contributed by atoms with Crippen LogP contribution in [0.5, 0.6) is 0 Å². The topological polar surface area (TPSA) is 38.0 Å². The molecular weight excluding hydrogens is 307 g/mol. The smallest absolute Gasteiger partial charge is 0.0479 e. The van der Waals surface area contributed by atoms with Crippen molar-refractivity contribution in [3.8, 4) is 0 Å². The number of thioether (sulfide) groups is 1. The van der Waals surface area contributed by atoms with Crippen LogP contribution in [0.4, 0.5) is 11.4 Å². The van der Waals surface area contributed by atoms with Crippen LogP contribution in [0.2, 0.25) is 0 Å². The SMILES string of the molecule is Nc1ccc(NC2CCSC2)c(I)c1. The second kappa shape index (κ2) is 4.61. The summed E-state index contributed by atoms with van der Waals surface area (Å²) in [6.45, 7) is 0. The van der Waals surface area contributed by atoms with E-state index in [1.165, 1.54) is 27.2 Å². The van der Waals surface area contributed by atoms with Gasteiger partial charge in [0.2, 0.25) is 0 Å². The molecular formula is C10H13IN2S. The largest absolute Gasteiger partial charge is 0.399 e. The van der Waals surface area contributed by atoms with Gasteiger partial charge >= 0.3 is 0 Å². The van der Waals surface area contributed by atoms with Crippen LogP contribution in [0.1, 0.15) is 6.42 Å². The maximum Gasteiger partial charge on any atom is 0.0479 e. The Kier molecular flexibility index (Phi) is 3.43. The van der Waals surface area contributed by atoms with Gasteiger partial charge in [0, 0.05) is 26.7 Å². The molecule has 2 rings (SSSR count). The van der Waals surface area contributed by atoms with Gasteiger partial charge in [0.05, 0.1) is 0 Å². The molecule has 1 aliphatic heterocycles. The summed E-state index contributed by atoms with van der Waals surface area (Å²) in [4.78, 5) is 0. The van der Waals surface area contributed by atoms with Crippen molar-refractivity contribution in [1.82, 2.24) is 0 Å². The molecule has 4 heteroatoms. The Labute approximate surface area is 102 Å². The monoisotopic (exact) mass is 320 g/mol. The summed E-state index contributed by atoms with van der Waals surface area (Å²) >= 11 is 4.34. The second-order valence-corrected chi connectivity index (χ2v) is 5.76. The Morgan fingerprint density at radius 2 is 2.36 bits per heavy atom. The lowest BCUT2D eigenvalue weighted by Crippen LogP contribution is -2.18. The van der Waals surface area contributed by atoms with Crippen LogP contribution in [-0.4, -0.2) is 17.5 Å². The number of hydrogen-bond acceptors (Lipinski definition) is 3. The van der Waals surface area contributed by atoms with E-state index in [0.717, 1.165) is 5.69 Å². The molecule has 0 radical (unpaired) electrons. The maximum absolute atomic E-state index is 5.70. The molecule has 1 atom stereocenters. The van der Waals surface area contributed by atoms with Gasteiger partial charge < -0.3 is 11.1 Å². The Morgan fingerprint density at radius 3 is 3.00 bits per heavy atom. The first-order valence-electron chi connectivity index (χ1n) is 4.65. The summed E-state index contributed by atoms with van der Waals surface area (Å²) in [6, 6.07) is 6.66. The zero-order valence-electron chi connectivity index (χ0n) is 7.79. The van der Waals surface area contributed by atoms with Gasteiger partial charge in [-0.25, -0.2) is 0 Å². The summed E-state index contributed by atoms with van der Waals surface area (Å²) in [7, 11) is 0. The third-order valence-corrected chi connectivity index (χ3v) is 4.34. The number of nitrogen functional groups attached to an aromatic ring is 1. The van der Waals surface area contributed by atoms with E-state index in [0.29, 0.717) is 6.04 Å². The van der Waals surface area contributed by atoms with E-state index in [1.807, 2.05) is 23.9 Å². The van der Waals surface area contributed by atoms with E-state index < -0.39 is 0 Å². The fourth-order valence-electron chi connectivity index (χ4n) is 1.52. The number of hydrogen-bond donors (Lipinski definition) is 2. The third kappa shape index (κ3) is 2.48. The summed E-state index contributed by atoms with van der Waals surface area (Å²) in [5.74, 6) is 2.50. The van der Waals surface area contributed by atoms with Crippen molar-refractivity contribution in [3.05, 3.63) is 21.8 Å². The molecule has 0 saturated carbocycles. The average molecular weight is 320 g/mol. The molecule has 0 amide bonds. The zero-order valence-corrected chi connectivity index (χ0v) is 10.8. The Hall–Kier alpha value is -0.100. The van der Waals surface area contributed by atoms with Crippen LogP contribution in [0.25, 0.3) is 0 Å². The van der Waals surface area contributed by atoms with Gasteiger partial charge in [0.1, 0.15) is 0 Å². The molecule has 14 heavy (non-hydrogen) atoms. The standard InChI is InChI=1S/C10H13IN2S/c11-9-5-7(12)1-2-10(9)13-8-3-4-14-6-8/h1-2,5,8,13H,3-4,6,12H2. The molecule has 0 aliphatic carbocycles. The molecule has 2 nitrogen and oxygen atoms in total. The molecule has 3 N–H and O–H groups in total. The van der Waals surface area contributed by atoms with Gasteiger partial charge in [0.15, 0.2) is 0 Å². The van der Waals surface area contributed by atoms with E-state index in [1.54, 1.807) is 0 Å². The fourth-order valence-corrected chi connectivity index (χ4v) is 3.36. The molecule has 1 aliphatic rings. The Balaban J connectivity index is 2.08. The summed E-state index contributed by atoms with van der Waals surface area (Å²) in [5.41, 5.74) is 7.75.